The summed E-state index contributed by atoms with van der Waals surface area (Å²) in [6, 6.07) is 6.69. The van der Waals surface area contributed by atoms with E-state index in [1.807, 2.05) is 13.0 Å². The molecule has 4 rings (SSSR count). The number of aryl methyl sites for hydroxylation is 1. The SMILES string of the molecule is Cc1ccc(NC(=O)[C@H]2CCCN(S(=O)(=O)c3c[nH]c(C(=O)N4CCCCC4)c3)C2)cc1Cl. The quantitative estimate of drug-likeness (QED) is 0.665. The Balaban J connectivity index is 1.43. The van der Waals surface area contributed by atoms with Crippen LogP contribution < -0.4 is 5.32 Å². The number of hydrogen-bond acceptors (Lipinski definition) is 4. The maximum atomic E-state index is 13.2. The summed E-state index contributed by atoms with van der Waals surface area (Å²) in [6.45, 7) is 3.69. The van der Waals surface area contributed by atoms with E-state index in [0.717, 1.165) is 24.8 Å². The molecule has 0 unspecified atom stereocenters. The van der Waals surface area contributed by atoms with Gasteiger partial charge in [0.15, 0.2) is 0 Å². The van der Waals surface area contributed by atoms with Crippen LogP contribution in [-0.2, 0) is 14.8 Å². The summed E-state index contributed by atoms with van der Waals surface area (Å²) in [4.78, 5) is 30.1. The van der Waals surface area contributed by atoms with E-state index in [4.69, 9.17) is 11.6 Å². The van der Waals surface area contributed by atoms with E-state index in [0.29, 0.717) is 43.2 Å². The minimum Gasteiger partial charge on any atom is -0.356 e. The fraction of sp³-hybridized carbons (Fsp3) is 0.478. The molecule has 2 aromatic rings. The van der Waals surface area contributed by atoms with E-state index in [9.17, 15) is 18.0 Å². The maximum absolute atomic E-state index is 13.2. The molecule has 2 saturated heterocycles. The van der Waals surface area contributed by atoms with Gasteiger partial charge in [-0.25, -0.2) is 8.42 Å². The van der Waals surface area contributed by atoms with Gasteiger partial charge in [0, 0.05) is 43.1 Å². The topological polar surface area (TPSA) is 103 Å². The highest BCUT2D eigenvalue weighted by molar-refractivity contribution is 7.89. The van der Waals surface area contributed by atoms with Gasteiger partial charge in [-0.2, -0.15) is 4.31 Å². The zero-order valence-electron chi connectivity index (χ0n) is 18.6. The molecule has 2 N–H and O–H groups in total. The summed E-state index contributed by atoms with van der Waals surface area (Å²) < 4.78 is 27.8. The van der Waals surface area contributed by atoms with Crippen molar-refractivity contribution in [3.8, 4) is 0 Å². The van der Waals surface area contributed by atoms with Crippen molar-refractivity contribution in [2.45, 2.75) is 43.9 Å². The summed E-state index contributed by atoms with van der Waals surface area (Å²) in [5, 5.41) is 3.40. The van der Waals surface area contributed by atoms with Crippen molar-refractivity contribution in [1.82, 2.24) is 14.2 Å². The number of nitrogens with one attached hydrogen (secondary N) is 2. The van der Waals surface area contributed by atoms with Crippen LogP contribution in [0.2, 0.25) is 5.02 Å². The van der Waals surface area contributed by atoms with E-state index in [-0.39, 0.29) is 28.9 Å². The lowest BCUT2D eigenvalue weighted by Gasteiger charge is -2.31. The first-order chi connectivity index (χ1) is 15.8. The third-order valence-corrected chi connectivity index (χ3v) is 8.61. The van der Waals surface area contributed by atoms with E-state index < -0.39 is 15.9 Å². The Hall–Kier alpha value is -2.36. The highest BCUT2D eigenvalue weighted by Gasteiger charge is 2.34. The lowest BCUT2D eigenvalue weighted by molar-refractivity contribution is -0.120. The van der Waals surface area contributed by atoms with Gasteiger partial charge in [-0.3, -0.25) is 9.59 Å². The molecule has 0 radical (unpaired) electrons. The van der Waals surface area contributed by atoms with Gasteiger partial charge >= 0.3 is 0 Å². The smallest absolute Gasteiger partial charge is 0.270 e. The molecule has 2 fully saturated rings. The molecule has 1 aromatic carbocycles. The molecule has 2 amide bonds. The van der Waals surface area contributed by atoms with E-state index in [1.54, 1.807) is 17.0 Å². The highest BCUT2D eigenvalue weighted by Crippen LogP contribution is 2.27. The molecular weight excluding hydrogens is 464 g/mol. The van der Waals surface area contributed by atoms with Crippen molar-refractivity contribution in [2.24, 2.45) is 5.92 Å². The van der Waals surface area contributed by atoms with Crippen molar-refractivity contribution in [2.75, 3.05) is 31.5 Å². The first kappa shape index (κ1) is 23.8. The average Bonchev–Trinajstić information content (AvgIpc) is 3.33. The van der Waals surface area contributed by atoms with Crippen LogP contribution >= 0.6 is 11.6 Å². The molecule has 33 heavy (non-hydrogen) atoms. The van der Waals surface area contributed by atoms with Crippen LogP contribution in [0.25, 0.3) is 0 Å². The molecular formula is C23H29ClN4O4S. The number of nitrogens with zero attached hydrogens (tertiary/aromatic N) is 2. The Morgan fingerprint density at radius 3 is 2.58 bits per heavy atom. The summed E-state index contributed by atoms with van der Waals surface area (Å²) in [6.07, 6.45) is 5.58. The second kappa shape index (κ2) is 9.87. The number of aromatic nitrogens is 1. The van der Waals surface area contributed by atoms with Gasteiger partial charge in [0.05, 0.1) is 5.92 Å². The zero-order valence-corrected chi connectivity index (χ0v) is 20.2. The molecule has 0 saturated carbocycles. The lowest BCUT2D eigenvalue weighted by atomic mass is 9.98. The molecule has 10 heteroatoms. The molecule has 3 heterocycles. The van der Waals surface area contributed by atoms with Crippen molar-refractivity contribution >= 4 is 39.1 Å². The molecule has 178 valence electrons. The Labute approximate surface area is 199 Å². The number of sulfonamides is 1. The number of benzene rings is 1. The number of H-pyrrole nitrogens is 1. The number of piperidine rings is 2. The summed E-state index contributed by atoms with van der Waals surface area (Å²) in [5.74, 6) is -0.879. The van der Waals surface area contributed by atoms with E-state index >= 15 is 0 Å². The molecule has 2 aliphatic rings. The molecule has 2 aliphatic heterocycles. The summed E-state index contributed by atoms with van der Waals surface area (Å²) in [5.41, 5.74) is 1.77. The van der Waals surface area contributed by atoms with Gasteiger partial charge < -0.3 is 15.2 Å². The van der Waals surface area contributed by atoms with Gasteiger partial charge in [0.2, 0.25) is 15.9 Å². The second-order valence-corrected chi connectivity index (χ2v) is 11.1. The molecule has 0 aliphatic carbocycles. The van der Waals surface area contributed by atoms with Crippen LogP contribution in [-0.4, -0.2) is 60.6 Å². The van der Waals surface area contributed by atoms with Crippen molar-refractivity contribution in [3.63, 3.8) is 0 Å². The number of likely N-dealkylation sites (tertiary alicyclic amines) is 1. The van der Waals surface area contributed by atoms with E-state index in [1.165, 1.54) is 16.6 Å². The third kappa shape index (κ3) is 5.26. The minimum atomic E-state index is -3.83. The van der Waals surface area contributed by atoms with Crippen molar-refractivity contribution in [1.29, 1.82) is 0 Å². The average molecular weight is 493 g/mol. The Morgan fingerprint density at radius 2 is 1.85 bits per heavy atom. The predicted octanol–water partition coefficient (Wildman–Crippen LogP) is 3.64. The zero-order chi connectivity index (χ0) is 23.6. The van der Waals surface area contributed by atoms with Crippen LogP contribution in [0.15, 0.2) is 35.4 Å². The number of aromatic amines is 1. The van der Waals surface area contributed by atoms with Crippen molar-refractivity contribution in [3.05, 3.63) is 46.7 Å². The minimum absolute atomic E-state index is 0.0502. The predicted molar refractivity (Wildman–Crippen MR) is 127 cm³/mol. The Kier molecular flexibility index (Phi) is 7.11. The summed E-state index contributed by atoms with van der Waals surface area (Å²) >= 11 is 6.14. The van der Waals surface area contributed by atoms with Crippen molar-refractivity contribution < 1.29 is 18.0 Å². The lowest BCUT2D eigenvalue weighted by Crippen LogP contribution is -2.43. The fourth-order valence-electron chi connectivity index (χ4n) is 4.35. The fourth-order valence-corrected chi connectivity index (χ4v) is 6.05. The first-order valence-corrected chi connectivity index (χ1v) is 13.1. The number of halogens is 1. The standard InChI is InChI=1S/C23H29ClN4O4S/c1-16-7-8-18(12-20(16)24)26-22(29)17-6-5-11-28(15-17)33(31,32)19-13-21(25-14-19)23(30)27-9-3-2-4-10-27/h7-8,12-14,17,25H,2-6,9-11,15H2,1H3,(H,26,29)/t17-/m0/s1. The Morgan fingerprint density at radius 1 is 1.09 bits per heavy atom. The monoisotopic (exact) mass is 492 g/mol. The van der Waals surface area contributed by atoms with Crippen LogP contribution in [0.5, 0.6) is 0 Å². The van der Waals surface area contributed by atoms with E-state index in [2.05, 4.69) is 10.3 Å². The number of amides is 2. The molecule has 1 aromatic heterocycles. The highest BCUT2D eigenvalue weighted by atomic mass is 35.5. The number of rotatable bonds is 5. The van der Waals surface area contributed by atoms with Gasteiger partial charge in [-0.1, -0.05) is 17.7 Å². The van der Waals surface area contributed by atoms with Gasteiger partial charge in [0.1, 0.15) is 10.6 Å². The Bertz CT molecular complexity index is 1140. The van der Waals surface area contributed by atoms with Gasteiger partial charge in [-0.05, 0) is 62.8 Å². The first-order valence-electron chi connectivity index (χ1n) is 11.3. The normalized spacial score (nSPS) is 19.9. The maximum Gasteiger partial charge on any atom is 0.270 e. The molecule has 8 nitrogen and oxygen atoms in total. The van der Waals surface area contributed by atoms with Crippen LogP contribution in [0, 0.1) is 12.8 Å². The van der Waals surface area contributed by atoms with Crippen LogP contribution in [0.3, 0.4) is 0 Å². The van der Waals surface area contributed by atoms with Gasteiger partial charge in [0.25, 0.3) is 5.91 Å². The van der Waals surface area contributed by atoms with Crippen LogP contribution in [0.1, 0.15) is 48.2 Å². The third-order valence-electron chi connectivity index (χ3n) is 6.36. The molecule has 0 bridgehead atoms. The number of carbonyl (C=O) groups is 2. The molecule has 1 atom stereocenters. The molecule has 0 spiro atoms. The van der Waals surface area contributed by atoms with Crippen LogP contribution in [0.4, 0.5) is 5.69 Å². The number of anilines is 1. The number of carbonyl (C=O) groups excluding carboxylic acids is 2. The number of hydrogen-bond donors (Lipinski definition) is 2. The summed E-state index contributed by atoms with van der Waals surface area (Å²) in [7, 11) is -3.83. The second-order valence-electron chi connectivity index (χ2n) is 8.76. The largest absolute Gasteiger partial charge is 0.356 e. The van der Waals surface area contributed by atoms with Gasteiger partial charge in [-0.15, -0.1) is 0 Å².